The second kappa shape index (κ2) is 9.14. The van der Waals surface area contributed by atoms with Crippen LogP contribution in [-0.4, -0.2) is 43.4 Å². The van der Waals surface area contributed by atoms with Gasteiger partial charge in [-0.1, -0.05) is 12.1 Å². The highest BCUT2D eigenvalue weighted by molar-refractivity contribution is 8.00. The Kier molecular flexibility index (Phi) is 6.38. The van der Waals surface area contributed by atoms with Gasteiger partial charge in [-0.3, -0.25) is 9.59 Å². The van der Waals surface area contributed by atoms with Gasteiger partial charge in [-0.15, -0.1) is 11.8 Å². The van der Waals surface area contributed by atoms with Crippen LogP contribution in [0.2, 0.25) is 0 Å². The van der Waals surface area contributed by atoms with Crippen molar-refractivity contribution >= 4 is 35.2 Å². The Hall–Kier alpha value is -3.20. The minimum absolute atomic E-state index is 0.0893. The number of esters is 1. The van der Waals surface area contributed by atoms with Crippen molar-refractivity contribution in [2.45, 2.75) is 4.90 Å². The molecule has 0 aromatic heterocycles. The van der Waals surface area contributed by atoms with Gasteiger partial charge in [0.15, 0.2) is 18.1 Å². The molecule has 0 saturated heterocycles. The maximum absolute atomic E-state index is 12.2. The molecule has 1 aliphatic heterocycles. The summed E-state index contributed by atoms with van der Waals surface area (Å²) in [6.45, 7) is 0.402. The molecule has 2 aromatic rings. The Morgan fingerprint density at radius 3 is 2.61 bits per heavy atom. The molecule has 2 aromatic carbocycles. The summed E-state index contributed by atoms with van der Waals surface area (Å²) >= 11 is 1.21. The van der Waals surface area contributed by atoms with Crippen LogP contribution in [0.5, 0.6) is 11.5 Å². The number of anilines is 1. The topological polar surface area (TPSA) is 117 Å². The fourth-order valence-corrected chi connectivity index (χ4v) is 3.16. The first-order chi connectivity index (χ1) is 13.5. The zero-order chi connectivity index (χ0) is 19.9. The SMILES string of the molecule is NC(=O)CSc1ccccc1NC(=O)COC(=O)c1ccc2c(c1)OCCO2. The molecule has 0 aliphatic carbocycles. The van der Waals surface area contributed by atoms with E-state index in [1.54, 1.807) is 36.4 Å². The molecule has 1 heterocycles. The van der Waals surface area contributed by atoms with Crippen LogP contribution < -0.4 is 20.5 Å². The number of benzene rings is 2. The molecule has 0 fully saturated rings. The number of ether oxygens (including phenoxy) is 3. The summed E-state index contributed by atoms with van der Waals surface area (Å²) in [4.78, 5) is 36.0. The number of nitrogens with two attached hydrogens (primary N) is 1. The van der Waals surface area contributed by atoms with Crippen LogP contribution in [0.25, 0.3) is 0 Å². The maximum atomic E-state index is 12.2. The number of rotatable bonds is 7. The van der Waals surface area contributed by atoms with Crippen molar-refractivity contribution in [2.75, 3.05) is 30.9 Å². The molecule has 3 rings (SSSR count). The highest BCUT2D eigenvalue weighted by Crippen LogP contribution is 2.31. The number of nitrogens with one attached hydrogen (secondary N) is 1. The Bertz CT molecular complexity index is 902. The highest BCUT2D eigenvalue weighted by Gasteiger charge is 2.17. The number of hydrogen-bond donors (Lipinski definition) is 2. The third-order valence-corrected chi connectivity index (χ3v) is 4.74. The standard InChI is InChI=1S/C19H18N2O6S/c20-17(22)11-28-16-4-2-1-3-13(16)21-18(23)10-27-19(24)12-5-6-14-15(9-12)26-8-7-25-14/h1-6,9H,7-8,10-11H2,(H2,20,22)(H,21,23). The van der Waals surface area contributed by atoms with E-state index >= 15 is 0 Å². The fraction of sp³-hybridized carbons (Fsp3) is 0.211. The number of hydrogen-bond acceptors (Lipinski definition) is 7. The Labute approximate surface area is 165 Å². The van der Waals surface area contributed by atoms with E-state index in [0.29, 0.717) is 35.3 Å². The van der Waals surface area contributed by atoms with Gasteiger partial charge < -0.3 is 25.3 Å². The minimum Gasteiger partial charge on any atom is -0.486 e. The molecular weight excluding hydrogens is 384 g/mol. The number of para-hydroxylation sites is 1. The van der Waals surface area contributed by atoms with Gasteiger partial charge in [0.05, 0.1) is 17.0 Å². The molecule has 0 bridgehead atoms. The summed E-state index contributed by atoms with van der Waals surface area (Å²) in [5.74, 6) is -0.497. The van der Waals surface area contributed by atoms with Crippen molar-refractivity contribution in [3.05, 3.63) is 48.0 Å². The summed E-state index contributed by atoms with van der Waals surface area (Å²) in [7, 11) is 0. The maximum Gasteiger partial charge on any atom is 0.338 e. The van der Waals surface area contributed by atoms with Crippen LogP contribution in [0.1, 0.15) is 10.4 Å². The lowest BCUT2D eigenvalue weighted by molar-refractivity contribution is -0.119. The molecule has 2 amide bonds. The van der Waals surface area contributed by atoms with Gasteiger partial charge in [-0.05, 0) is 30.3 Å². The molecule has 9 heteroatoms. The minimum atomic E-state index is -0.650. The van der Waals surface area contributed by atoms with Gasteiger partial charge >= 0.3 is 5.97 Å². The van der Waals surface area contributed by atoms with E-state index in [9.17, 15) is 14.4 Å². The molecule has 0 atom stereocenters. The molecule has 8 nitrogen and oxygen atoms in total. The molecule has 0 spiro atoms. The van der Waals surface area contributed by atoms with E-state index in [1.165, 1.54) is 17.8 Å². The predicted molar refractivity (Wildman–Crippen MR) is 103 cm³/mol. The van der Waals surface area contributed by atoms with Gasteiger partial charge in [0, 0.05) is 4.90 Å². The van der Waals surface area contributed by atoms with Crippen LogP contribution in [0.3, 0.4) is 0 Å². The van der Waals surface area contributed by atoms with E-state index in [0.717, 1.165) is 0 Å². The van der Waals surface area contributed by atoms with Crippen molar-refractivity contribution in [3.8, 4) is 11.5 Å². The molecule has 0 radical (unpaired) electrons. The van der Waals surface area contributed by atoms with Crippen molar-refractivity contribution in [1.82, 2.24) is 0 Å². The predicted octanol–water partition coefficient (Wildman–Crippen LogP) is 1.83. The zero-order valence-electron chi connectivity index (χ0n) is 14.8. The normalized spacial score (nSPS) is 12.1. The van der Waals surface area contributed by atoms with Gasteiger partial charge in [0.1, 0.15) is 13.2 Å². The van der Waals surface area contributed by atoms with Gasteiger partial charge in [-0.2, -0.15) is 0 Å². The van der Waals surface area contributed by atoms with Crippen molar-refractivity contribution in [2.24, 2.45) is 5.73 Å². The lowest BCUT2D eigenvalue weighted by atomic mass is 10.2. The van der Waals surface area contributed by atoms with E-state index < -0.39 is 24.4 Å². The van der Waals surface area contributed by atoms with E-state index in [2.05, 4.69) is 5.32 Å². The van der Waals surface area contributed by atoms with Gasteiger partial charge in [0.25, 0.3) is 5.91 Å². The summed E-state index contributed by atoms with van der Waals surface area (Å²) in [5.41, 5.74) is 5.92. The van der Waals surface area contributed by atoms with Crippen molar-refractivity contribution in [3.63, 3.8) is 0 Å². The van der Waals surface area contributed by atoms with Crippen LogP contribution in [0.15, 0.2) is 47.4 Å². The highest BCUT2D eigenvalue weighted by atomic mass is 32.2. The van der Waals surface area contributed by atoms with Crippen LogP contribution in [0.4, 0.5) is 5.69 Å². The van der Waals surface area contributed by atoms with E-state index in [-0.39, 0.29) is 11.3 Å². The van der Waals surface area contributed by atoms with Crippen LogP contribution in [-0.2, 0) is 14.3 Å². The number of primary amides is 1. The third kappa shape index (κ3) is 5.17. The summed E-state index contributed by atoms with van der Waals surface area (Å²) in [6.07, 6.45) is 0. The first-order valence-corrected chi connectivity index (χ1v) is 9.38. The molecule has 146 valence electrons. The van der Waals surface area contributed by atoms with E-state index in [4.69, 9.17) is 19.9 Å². The molecule has 28 heavy (non-hydrogen) atoms. The lowest BCUT2D eigenvalue weighted by Crippen LogP contribution is -2.21. The average molecular weight is 402 g/mol. The molecular formula is C19H18N2O6S. The largest absolute Gasteiger partial charge is 0.486 e. The van der Waals surface area contributed by atoms with E-state index in [1.807, 2.05) is 0 Å². The third-order valence-electron chi connectivity index (χ3n) is 3.64. The quantitative estimate of drug-likeness (QED) is 0.536. The zero-order valence-corrected chi connectivity index (χ0v) is 15.6. The number of amides is 2. The summed E-state index contributed by atoms with van der Waals surface area (Å²) in [6, 6.07) is 11.6. The molecule has 1 aliphatic rings. The smallest absolute Gasteiger partial charge is 0.338 e. The summed E-state index contributed by atoms with van der Waals surface area (Å²) < 4.78 is 15.9. The van der Waals surface area contributed by atoms with Crippen molar-refractivity contribution < 1.29 is 28.6 Å². The van der Waals surface area contributed by atoms with Gasteiger partial charge in [0.2, 0.25) is 5.91 Å². The van der Waals surface area contributed by atoms with Crippen LogP contribution >= 0.6 is 11.8 Å². The van der Waals surface area contributed by atoms with Crippen LogP contribution in [0, 0.1) is 0 Å². The monoisotopic (exact) mass is 402 g/mol. The van der Waals surface area contributed by atoms with Crippen molar-refractivity contribution in [1.29, 1.82) is 0 Å². The average Bonchev–Trinajstić information content (AvgIpc) is 2.71. The lowest BCUT2D eigenvalue weighted by Gasteiger charge is -2.18. The second-order valence-electron chi connectivity index (χ2n) is 5.73. The molecule has 0 unspecified atom stereocenters. The number of fused-ring (bicyclic) bond motifs is 1. The fourth-order valence-electron chi connectivity index (χ4n) is 2.42. The second-order valence-corrected chi connectivity index (χ2v) is 6.75. The Morgan fingerprint density at radius 2 is 1.82 bits per heavy atom. The number of thioether (sulfide) groups is 1. The number of carbonyl (C=O) groups is 3. The van der Waals surface area contributed by atoms with Gasteiger partial charge in [-0.25, -0.2) is 4.79 Å². The molecule has 3 N–H and O–H groups in total. The Balaban J connectivity index is 1.56. The summed E-state index contributed by atoms with van der Waals surface area (Å²) in [5, 5.41) is 2.66. The first kappa shape index (κ1) is 19.6. The number of carbonyl (C=O) groups excluding carboxylic acids is 3. The Morgan fingerprint density at radius 1 is 1.07 bits per heavy atom. The molecule has 0 saturated carbocycles. The first-order valence-electron chi connectivity index (χ1n) is 8.39.